The maximum Gasteiger partial charge on any atom is 0.237 e. The highest BCUT2D eigenvalue weighted by molar-refractivity contribution is 7.10. The third kappa shape index (κ3) is 3.32. The number of amides is 1. The number of thiophene rings is 1. The summed E-state index contributed by atoms with van der Waals surface area (Å²) in [6.07, 6.45) is 3.20. The second kappa shape index (κ2) is 7.17. The molecular weight excluding hydrogens is 360 g/mol. The Balaban J connectivity index is 1.28. The van der Waals surface area contributed by atoms with Crippen molar-refractivity contribution in [3.8, 4) is 11.5 Å². The van der Waals surface area contributed by atoms with E-state index in [1.54, 1.807) is 0 Å². The standard InChI is InChI=1S/C21H24N2O3S/c24-21(23-8-5-20-16(13-23)6-11-27-20)14-22-7-1-2-17(22)15-3-4-18-19(12-15)26-10-9-25-18/h3-4,6,11-12,17H,1-2,5,7-10,13-14H2. The number of benzene rings is 1. The molecule has 0 bridgehead atoms. The van der Waals surface area contributed by atoms with Crippen LogP contribution >= 0.6 is 11.3 Å². The molecule has 6 heteroatoms. The number of nitrogens with zero attached hydrogens (tertiary/aromatic N) is 2. The number of carbonyl (C=O) groups is 1. The molecule has 0 aliphatic carbocycles. The average Bonchev–Trinajstić information content (AvgIpc) is 3.36. The van der Waals surface area contributed by atoms with Gasteiger partial charge in [0.2, 0.25) is 5.91 Å². The van der Waals surface area contributed by atoms with E-state index in [4.69, 9.17) is 9.47 Å². The number of likely N-dealkylation sites (tertiary alicyclic amines) is 1. The summed E-state index contributed by atoms with van der Waals surface area (Å²) in [4.78, 5) is 18.7. The van der Waals surface area contributed by atoms with Crippen LogP contribution in [0.2, 0.25) is 0 Å². The Morgan fingerprint density at radius 1 is 1.15 bits per heavy atom. The number of fused-ring (bicyclic) bond motifs is 2. The van der Waals surface area contributed by atoms with Crippen molar-refractivity contribution in [2.45, 2.75) is 31.8 Å². The molecule has 0 saturated carbocycles. The number of carbonyl (C=O) groups excluding carboxylic acids is 1. The molecule has 2 aromatic rings. The molecule has 0 radical (unpaired) electrons. The quantitative estimate of drug-likeness (QED) is 0.815. The lowest BCUT2D eigenvalue weighted by atomic mass is 10.0. The van der Waals surface area contributed by atoms with Crippen LogP contribution in [0.4, 0.5) is 0 Å². The molecule has 0 N–H and O–H groups in total. The maximum atomic E-state index is 12.9. The molecule has 1 fully saturated rings. The average molecular weight is 385 g/mol. The predicted molar refractivity (Wildman–Crippen MR) is 104 cm³/mol. The van der Waals surface area contributed by atoms with E-state index in [1.165, 1.54) is 16.0 Å². The van der Waals surface area contributed by atoms with Gasteiger partial charge in [0, 0.05) is 24.0 Å². The fourth-order valence-corrected chi connectivity index (χ4v) is 5.28. The van der Waals surface area contributed by atoms with Crippen molar-refractivity contribution in [3.63, 3.8) is 0 Å². The molecule has 1 unspecified atom stereocenters. The molecule has 0 spiro atoms. The third-order valence-corrected chi connectivity index (χ3v) is 6.84. The summed E-state index contributed by atoms with van der Waals surface area (Å²) in [6.45, 7) is 4.29. The third-order valence-electron chi connectivity index (χ3n) is 5.81. The molecule has 5 nitrogen and oxygen atoms in total. The first-order valence-corrected chi connectivity index (χ1v) is 10.6. The lowest BCUT2D eigenvalue weighted by Gasteiger charge is -2.31. The highest BCUT2D eigenvalue weighted by atomic mass is 32.1. The van der Waals surface area contributed by atoms with Crippen LogP contribution in [0.1, 0.15) is 34.9 Å². The van der Waals surface area contributed by atoms with Crippen LogP contribution in [0, 0.1) is 0 Å². The van der Waals surface area contributed by atoms with Gasteiger partial charge in [-0.05, 0) is 60.5 Å². The van der Waals surface area contributed by atoms with E-state index in [9.17, 15) is 4.79 Å². The Bertz CT molecular complexity index is 850. The molecule has 3 aliphatic rings. The van der Waals surface area contributed by atoms with Crippen molar-refractivity contribution < 1.29 is 14.3 Å². The highest BCUT2D eigenvalue weighted by Gasteiger charge is 2.31. The van der Waals surface area contributed by atoms with E-state index in [0.29, 0.717) is 19.8 Å². The van der Waals surface area contributed by atoms with Gasteiger partial charge in [0.15, 0.2) is 11.5 Å². The summed E-state index contributed by atoms with van der Waals surface area (Å²) < 4.78 is 11.4. The molecule has 1 atom stereocenters. The summed E-state index contributed by atoms with van der Waals surface area (Å²) in [5.41, 5.74) is 2.55. The fourth-order valence-electron chi connectivity index (χ4n) is 4.40. The van der Waals surface area contributed by atoms with Crippen molar-refractivity contribution in [2.24, 2.45) is 0 Å². The monoisotopic (exact) mass is 384 g/mol. The Morgan fingerprint density at radius 2 is 2.04 bits per heavy atom. The van der Waals surface area contributed by atoms with Crippen molar-refractivity contribution in [1.29, 1.82) is 0 Å². The van der Waals surface area contributed by atoms with E-state index in [-0.39, 0.29) is 11.9 Å². The van der Waals surface area contributed by atoms with Crippen LogP contribution < -0.4 is 9.47 Å². The van der Waals surface area contributed by atoms with Gasteiger partial charge in [-0.25, -0.2) is 0 Å². The van der Waals surface area contributed by atoms with E-state index in [0.717, 1.165) is 50.4 Å². The van der Waals surface area contributed by atoms with Crippen LogP contribution in [0.5, 0.6) is 11.5 Å². The highest BCUT2D eigenvalue weighted by Crippen LogP contribution is 2.38. The largest absolute Gasteiger partial charge is 0.486 e. The Hall–Kier alpha value is -2.05. The molecule has 1 saturated heterocycles. The zero-order chi connectivity index (χ0) is 18.2. The van der Waals surface area contributed by atoms with E-state index in [1.807, 2.05) is 22.3 Å². The first-order chi connectivity index (χ1) is 13.3. The summed E-state index contributed by atoms with van der Waals surface area (Å²) in [6, 6.07) is 8.67. The molecule has 27 heavy (non-hydrogen) atoms. The Morgan fingerprint density at radius 3 is 2.96 bits per heavy atom. The van der Waals surface area contributed by atoms with Crippen molar-refractivity contribution in [3.05, 3.63) is 45.6 Å². The second-order valence-electron chi connectivity index (χ2n) is 7.47. The van der Waals surface area contributed by atoms with Crippen molar-refractivity contribution >= 4 is 17.2 Å². The molecule has 1 amide bonds. The lowest BCUT2D eigenvalue weighted by molar-refractivity contribution is -0.133. The smallest absolute Gasteiger partial charge is 0.237 e. The minimum Gasteiger partial charge on any atom is -0.486 e. The molecular formula is C21H24N2O3S. The van der Waals surface area contributed by atoms with Gasteiger partial charge in [-0.2, -0.15) is 0 Å². The van der Waals surface area contributed by atoms with Gasteiger partial charge < -0.3 is 14.4 Å². The lowest BCUT2D eigenvalue weighted by Crippen LogP contribution is -2.42. The zero-order valence-corrected chi connectivity index (χ0v) is 16.2. The molecule has 1 aromatic heterocycles. The minimum absolute atomic E-state index is 0.247. The summed E-state index contributed by atoms with van der Waals surface area (Å²) in [5.74, 6) is 1.90. The number of hydrogen-bond acceptors (Lipinski definition) is 5. The summed E-state index contributed by atoms with van der Waals surface area (Å²) >= 11 is 1.81. The van der Waals surface area contributed by atoms with E-state index in [2.05, 4.69) is 28.5 Å². The molecule has 1 aromatic carbocycles. The van der Waals surface area contributed by atoms with Crippen LogP contribution in [-0.4, -0.2) is 48.6 Å². The SMILES string of the molecule is O=C(CN1CCCC1c1ccc2c(c1)OCCO2)N1CCc2sccc2C1. The van der Waals surface area contributed by atoms with E-state index < -0.39 is 0 Å². The molecule has 4 heterocycles. The van der Waals surface area contributed by atoms with Crippen LogP contribution in [0.3, 0.4) is 0 Å². The van der Waals surface area contributed by atoms with Crippen molar-refractivity contribution in [2.75, 3.05) is 32.8 Å². The predicted octanol–water partition coefficient (Wildman–Crippen LogP) is 3.24. The van der Waals surface area contributed by atoms with Gasteiger partial charge >= 0.3 is 0 Å². The van der Waals surface area contributed by atoms with Gasteiger partial charge in [-0.1, -0.05) is 6.07 Å². The first-order valence-electron chi connectivity index (χ1n) is 9.74. The number of ether oxygens (including phenoxy) is 2. The van der Waals surface area contributed by atoms with Crippen molar-refractivity contribution in [1.82, 2.24) is 9.80 Å². The first kappa shape index (κ1) is 17.1. The minimum atomic E-state index is 0.247. The van der Waals surface area contributed by atoms with Gasteiger partial charge in [0.05, 0.1) is 6.54 Å². The van der Waals surface area contributed by atoms with Crippen LogP contribution in [0.25, 0.3) is 0 Å². The Kier molecular flexibility index (Phi) is 4.53. The van der Waals surface area contributed by atoms with Crippen LogP contribution in [0.15, 0.2) is 29.6 Å². The van der Waals surface area contributed by atoms with Crippen LogP contribution in [-0.2, 0) is 17.8 Å². The number of rotatable bonds is 3. The molecule has 142 valence electrons. The normalized spacial score (nSPS) is 21.9. The molecule has 3 aliphatic heterocycles. The van der Waals surface area contributed by atoms with E-state index >= 15 is 0 Å². The fraction of sp³-hybridized carbons (Fsp3) is 0.476. The molecule has 5 rings (SSSR count). The summed E-state index contributed by atoms with van der Waals surface area (Å²) in [5, 5.41) is 2.14. The maximum absolute atomic E-state index is 12.9. The zero-order valence-electron chi connectivity index (χ0n) is 15.4. The van der Waals surface area contributed by atoms with Gasteiger partial charge in [-0.15, -0.1) is 11.3 Å². The topological polar surface area (TPSA) is 42.0 Å². The second-order valence-corrected chi connectivity index (χ2v) is 8.47. The van der Waals surface area contributed by atoms with Gasteiger partial charge in [0.25, 0.3) is 0 Å². The summed E-state index contributed by atoms with van der Waals surface area (Å²) in [7, 11) is 0. The van der Waals surface area contributed by atoms with Gasteiger partial charge in [0.1, 0.15) is 13.2 Å². The number of hydrogen-bond donors (Lipinski definition) is 0. The Labute approximate surface area is 163 Å². The van der Waals surface area contributed by atoms with Gasteiger partial charge in [-0.3, -0.25) is 9.69 Å².